The molecule has 1 atom stereocenters. The van der Waals surface area contributed by atoms with Gasteiger partial charge in [-0.2, -0.15) is 0 Å². The second-order valence-electron chi connectivity index (χ2n) is 4.59. The largest absolute Gasteiger partial charge is 0.301 e. The van der Waals surface area contributed by atoms with Crippen LogP contribution in [0.2, 0.25) is 0 Å². The summed E-state index contributed by atoms with van der Waals surface area (Å²) in [5.74, 6) is 5.28. The van der Waals surface area contributed by atoms with Crippen LogP contribution in [0.25, 0.3) is 0 Å². The molecule has 2 rings (SSSR count). The zero-order valence-electron chi connectivity index (χ0n) is 8.74. The Labute approximate surface area is 89.0 Å². The summed E-state index contributed by atoms with van der Waals surface area (Å²) >= 11 is 0. The summed E-state index contributed by atoms with van der Waals surface area (Å²) in [6, 6.07) is 0. The molecule has 15 heavy (non-hydrogen) atoms. The maximum atomic E-state index is 11.1. The minimum atomic E-state index is -0.173. The fourth-order valence-electron chi connectivity index (χ4n) is 2.36. The number of hydrazine groups is 1. The maximum absolute atomic E-state index is 11.1. The highest BCUT2D eigenvalue weighted by atomic mass is 16.2. The number of rotatable bonds is 4. The fraction of sp³-hybridized carbons (Fsp3) is 0.800. The van der Waals surface area contributed by atoms with Crippen LogP contribution in [0.4, 0.5) is 0 Å². The van der Waals surface area contributed by atoms with E-state index in [1.807, 2.05) is 0 Å². The number of likely N-dealkylation sites (tertiary alicyclic amines) is 1. The number of nitrogens with two attached hydrogens (primary N) is 1. The number of amides is 1. The van der Waals surface area contributed by atoms with Crippen molar-refractivity contribution in [1.82, 2.24) is 10.3 Å². The standard InChI is InChI=1S/C10H17N3O2/c11-12-9(15)5-8-1-4-13(6-8)10(7-14)2-3-10/h7-8H,1-6,11H2,(H,12,15)/t8-/m0/s1. The van der Waals surface area contributed by atoms with E-state index in [-0.39, 0.29) is 11.4 Å². The molecule has 0 radical (unpaired) electrons. The Morgan fingerprint density at radius 3 is 2.87 bits per heavy atom. The molecule has 0 unspecified atom stereocenters. The second-order valence-corrected chi connectivity index (χ2v) is 4.59. The summed E-state index contributed by atoms with van der Waals surface area (Å²) in [6.07, 6.45) is 4.49. The van der Waals surface area contributed by atoms with E-state index in [9.17, 15) is 9.59 Å². The molecule has 1 aliphatic heterocycles. The average Bonchev–Trinajstić information content (AvgIpc) is 2.93. The zero-order valence-corrected chi connectivity index (χ0v) is 8.74. The van der Waals surface area contributed by atoms with E-state index in [2.05, 4.69) is 10.3 Å². The molecule has 0 bridgehead atoms. The number of carbonyl (C=O) groups is 2. The third-order valence-electron chi connectivity index (χ3n) is 3.53. The number of carbonyl (C=O) groups excluding carboxylic acids is 2. The first-order valence-electron chi connectivity index (χ1n) is 5.41. The van der Waals surface area contributed by atoms with Crippen molar-refractivity contribution >= 4 is 12.2 Å². The lowest BCUT2D eigenvalue weighted by atomic mass is 10.1. The van der Waals surface area contributed by atoms with Gasteiger partial charge in [0.2, 0.25) is 5.91 Å². The lowest BCUT2D eigenvalue weighted by Gasteiger charge is -2.22. The van der Waals surface area contributed by atoms with Crippen molar-refractivity contribution in [3.63, 3.8) is 0 Å². The normalized spacial score (nSPS) is 28.7. The Morgan fingerprint density at radius 2 is 2.33 bits per heavy atom. The van der Waals surface area contributed by atoms with Gasteiger partial charge < -0.3 is 4.79 Å². The van der Waals surface area contributed by atoms with Gasteiger partial charge in [-0.1, -0.05) is 0 Å². The first-order chi connectivity index (χ1) is 7.20. The Hall–Kier alpha value is -0.940. The van der Waals surface area contributed by atoms with Crippen LogP contribution in [-0.4, -0.2) is 35.7 Å². The molecule has 2 fully saturated rings. The number of aldehydes is 1. The van der Waals surface area contributed by atoms with Crippen LogP contribution >= 0.6 is 0 Å². The molecule has 1 saturated heterocycles. The van der Waals surface area contributed by atoms with Crippen molar-refractivity contribution in [1.29, 1.82) is 0 Å². The summed E-state index contributed by atoms with van der Waals surface area (Å²) in [7, 11) is 0. The zero-order chi connectivity index (χ0) is 10.9. The minimum Gasteiger partial charge on any atom is -0.301 e. The van der Waals surface area contributed by atoms with E-state index in [1.165, 1.54) is 0 Å². The van der Waals surface area contributed by atoms with Gasteiger partial charge in [-0.25, -0.2) is 5.84 Å². The van der Waals surface area contributed by atoms with Gasteiger partial charge in [-0.3, -0.25) is 15.1 Å². The Kier molecular flexibility index (Phi) is 2.75. The molecule has 0 aromatic carbocycles. The number of nitrogens with one attached hydrogen (secondary N) is 1. The van der Waals surface area contributed by atoms with Gasteiger partial charge in [0.05, 0.1) is 5.54 Å². The Balaban J connectivity index is 1.84. The molecule has 0 aromatic heterocycles. The topological polar surface area (TPSA) is 75.4 Å². The van der Waals surface area contributed by atoms with Crippen molar-refractivity contribution in [3.8, 4) is 0 Å². The van der Waals surface area contributed by atoms with Crippen LogP contribution in [0, 0.1) is 5.92 Å². The van der Waals surface area contributed by atoms with E-state index in [0.717, 1.165) is 38.6 Å². The lowest BCUT2D eigenvalue weighted by molar-refractivity contribution is -0.122. The smallest absolute Gasteiger partial charge is 0.234 e. The van der Waals surface area contributed by atoms with Gasteiger partial charge in [0.25, 0.3) is 0 Å². The van der Waals surface area contributed by atoms with E-state index >= 15 is 0 Å². The summed E-state index contributed by atoms with van der Waals surface area (Å²) in [6.45, 7) is 1.79. The van der Waals surface area contributed by atoms with E-state index in [0.29, 0.717) is 12.3 Å². The molecule has 5 heteroatoms. The number of hydrogen-bond donors (Lipinski definition) is 2. The van der Waals surface area contributed by atoms with Gasteiger partial charge >= 0.3 is 0 Å². The molecular formula is C10H17N3O2. The van der Waals surface area contributed by atoms with Crippen LogP contribution < -0.4 is 11.3 Å². The van der Waals surface area contributed by atoms with Gasteiger partial charge in [-0.05, 0) is 31.7 Å². The van der Waals surface area contributed by atoms with Crippen LogP contribution in [0.5, 0.6) is 0 Å². The molecule has 1 amide bonds. The highest BCUT2D eigenvalue weighted by molar-refractivity contribution is 5.75. The Bertz CT molecular complexity index is 276. The van der Waals surface area contributed by atoms with Crippen molar-refractivity contribution in [2.45, 2.75) is 31.2 Å². The molecule has 0 aromatic rings. The minimum absolute atomic E-state index is 0.113. The van der Waals surface area contributed by atoms with Crippen LogP contribution in [0.1, 0.15) is 25.7 Å². The highest BCUT2D eigenvalue weighted by Crippen LogP contribution is 2.42. The molecule has 2 aliphatic rings. The summed E-state index contributed by atoms with van der Waals surface area (Å²) in [4.78, 5) is 24.2. The predicted molar refractivity (Wildman–Crippen MR) is 54.7 cm³/mol. The highest BCUT2D eigenvalue weighted by Gasteiger charge is 2.50. The molecule has 0 spiro atoms. The third kappa shape index (κ3) is 2.03. The summed E-state index contributed by atoms with van der Waals surface area (Å²) < 4.78 is 0. The van der Waals surface area contributed by atoms with Crippen LogP contribution in [0.3, 0.4) is 0 Å². The van der Waals surface area contributed by atoms with Gasteiger partial charge in [0.15, 0.2) is 0 Å². The van der Waals surface area contributed by atoms with Crippen molar-refractivity contribution in [2.24, 2.45) is 11.8 Å². The van der Waals surface area contributed by atoms with E-state index in [1.54, 1.807) is 0 Å². The van der Waals surface area contributed by atoms with E-state index in [4.69, 9.17) is 5.84 Å². The fourth-order valence-corrected chi connectivity index (χ4v) is 2.36. The molecule has 5 nitrogen and oxygen atoms in total. The first kappa shape index (κ1) is 10.6. The molecule has 84 valence electrons. The molecule has 1 saturated carbocycles. The van der Waals surface area contributed by atoms with Crippen molar-refractivity contribution in [3.05, 3.63) is 0 Å². The third-order valence-corrected chi connectivity index (χ3v) is 3.53. The molecule has 3 N–H and O–H groups in total. The van der Waals surface area contributed by atoms with Crippen LogP contribution in [-0.2, 0) is 9.59 Å². The van der Waals surface area contributed by atoms with Gasteiger partial charge in [-0.15, -0.1) is 0 Å². The summed E-state index contributed by atoms with van der Waals surface area (Å²) in [5, 5.41) is 0. The number of hydrogen-bond acceptors (Lipinski definition) is 4. The van der Waals surface area contributed by atoms with Gasteiger partial charge in [0.1, 0.15) is 6.29 Å². The lowest BCUT2D eigenvalue weighted by Crippen LogP contribution is -2.37. The van der Waals surface area contributed by atoms with Crippen molar-refractivity contribution < 1.29 is 9.59 Å². The summed E-state index contributed by atoms with van der Waals surface area (Å²) in [5.41, 5.74) is 1.98. The SMILES string of the molecule is NNC(=O)C[C@@H]1CCN(C2(C=O)CC2)C1. The van der Waals surface area contributed by atoms with E-state index < -0.39 is 0 Å². The average molecular weight is 211 g/mol. The Morgan fingerprint density at radius 1 is 1.60 bits per heavy atom. The first-order valence-corrected chi connectivity index (χ1v) is 5.41. The van der Waals surface area contributed by atoms with Gasteiger partial charge in [0, 0.05) is 13.0 Å². The monoisotopic (exact) mass is 211 g/mol. The predicted octanol–water partition coefficient (Wildman–Crippen LogP) is -0.580. The molecule has 1 heterocycles. The quantitative estimate of drug-likeness (QED) is 0.282. The number of nitrogens with zero attached hydrogens (tertiary/aromatic N) is 1. The van der Waals surface area contributed by atoms with Crippen LogP contribution in [0.15, 0.2) is 0 Å². The second kappa shape index (κ2) is 3.90. The molecule has 1 aliphatic carbocycles. The maximum Gasteiger partial charge on any atom is 0.234 e. The molecular weight excluding hydrogens is 194 g/mol. The van der Waals surface area contributed by atoms with Crippen molar-refractivity contribution in [2.75, 3.05) is 13.1 Å².